The van der Waals surface area contributed by atoms with Crippen LogP contribution in [0, 0.1) is 0 Å². The molecule has 5 heteroatoms. The molecule has 2 aliphatic rings. The lowest BCUT2D eigenvalue weighted by atomic mass is 9.97. The molecule has 2 fully saturated rings. The van der Waals surface area contributed by atoms with E-state index in [2.05, 4.69) is 12.1 Å². The van der Waals surface area contributed by atoms with Crippen molar-refractivity contribution < 1.29 is 19.1 Å². The van der Waals surface area contributed by atoms with Crippen LogP contribution in [-0.2, 0) is 25.7 Å². The molecule has 0 aromatic heterocycles. The van der Waals surface area contributed by atoms with E-state index in [1.165, 1.54) is 5.56 Å². The number of hydrogen-bond donors (Lipinski definition) is 0. The lowest BCUT2D eigenvalue weighted by Gasteiger charge is -2.34. The van der Waals surface area contributed by atoms with Gasteiger partial charge in [-0.25, -0.2) is 4.79 Å². The maximum atomic E-state index is 11.9. The van der Waals surface area contributed by atoms with Gasteiger partial charge in [0, 0.05) is 13.0 Å². The molecule has 1 aromatic rings. The van der Waals surface area contributed by atoms with Crippen molar-refractivity contribution in [2.75, 3.05) is 13.2 Å². The van der Waals surface area contributed by atoms with E-state index in [1.807, 2.05) is 30.2 Å². The van der Waals surface area contributed by atoms with Gasteiger partial charge in [0.15, 0.2) is 6.10 Å². The predicted molar refractivity (Wildman–Crippen MR) is 80.9 cm³/mol. The Morgan fingerprint density at radius 3 is 2.95 bits per heavy atom. The summed E-state index contributed by atoms with van der Waals surface area (Å²) in [7, 11) is 0. The fourth-order valence-electron chi connectivity index (χ4n) is 3.16. The molecule has 0 bridgehead atoms. The van der Waals surface area contributed by atoms with Gasteiger partial charge in [-0.1, -0.05) is 30.3 Å². The second-order valence-corrected chi connectivity index (χ2v) is 5.77. The van der Waals surface area contributed by atoms with Crippen LogP contribution in [0.15, 0.2) is 30.3 Å². The first kappa shape index (κ1) is 15.5. The fourth-order valence-corrected chi connectivity index (χ4v) is 3.16. The summed E-state index contributed by atoms with van der Waals surface area (Å²) in [6, 6.07) is 10.3. The monoisotopic (exact) mass is 305 g/mol. The quantitative estimate of drug-likeness (QED) is 0.781. The van der Waals surface area contributed by atoms with Crippen molar-refractivity contribution in [1.82, 2.24) is 5.06 Å². The number of carbonyl (C=O) groups is 1. The maximum absolute atomic E-state index is 11.9. The number of piperidine rings is 1. The lowest BCUT2D eigenvalue weighted by molar-refractivity contribution is -0.207. The van der Waals surface area contributed by atoms with Gasteiger partial charge in [-0.2, -0.15) is 5.06 Å². The highest BCUT2D eigenvalue weighted by atomic mass is 16.7. The molecular formula is C17H23NO4. The van der Waals surface area contributed by atoms with E-state index in [1.54, 1.807) is 0 Å². The van der Waals surface area contributed by atoms with E-state index in [0.717, 1.165) is 19.4 Å². The molecule has 0 spiro atoms. The summed E-state index contributed by atoms with van der Waals surface area (Å²) in [6.45, 7) is 3.65. The van der Waals surface area contributed by atoms with E-state index >= 15 is 0 Å². The molecule has 0 aliphatic carbocycles. The molecule has 0 saturated carbocycles. The van der Waals surface area contributed by atoms with Crippen molar-refractivity contribution in [2.24, 2.45) is 0 Å². The van der Waals surface area contributed by atoms with Crippen LogP contribution >= 0.6 is 0 Å². The van der Waals surface area contributed by atoms with Gasteiger partial charge in [-0.15, -0.1) is 0 Å². The Balaban J connectivity index is 1.58. The van der Waals surface area contributed by atoms with Crippen molar-refractivity contribution in [3.05, 3.63) is 35.9 Å². The second-order valence-electron chi connectivity index (χ2n) is 5.77. The number of ether oxygens (including phenoxy) is 2. The van der Waals surface area contributed by atoms with E-state index in [-0.39, 0.29) is 18.1 Å². The Hall–Kier alpha value is -1.43. The largest absolute Gasteiger partial charge is 0.464 e. The third-order valence-corrected chi connectivity index (χ3v) is 4.24. The summed E-state index contributed by atoms with van der Waals surface area (Å²) in [5.41, 5.74) is 1.17. The standard InChI is InChI=1S/C17H23NO4/c1-2-20-17(19)16-11-14-15(9-6-10-18(14)22-16)21-12-13-7-4-3-5-8-13/h3-5,7-8,14-16H,2,6,9-12H2,1H3/t14-,15-,16-/m0/s1. The number of esters is 1. The van der Waals surface area contributed by atoms with Gasteiger partial charge in [-0.3, -0.25) is 4.84 Å². The van der Waals surface area contributed by atoms with E-state index in [4.69, 9.17) is 14.3 Å². The number of hydrogen-bond acceptors (Lipinski definition) is 5. The minimum atomic E-state index is -0.481. The second kappa shape index (κ2) is 7.22. The van der Waals surface area contributed by atoms with Crippen LogP contribution in [0.2, 0.25) is 0 Å². The number of carbonyl (C=O) groups excluding carboxylic acids is 1. The molecule has 5 nitrogen and oxygen atoms in total. The summed E-state index contributed by atoms with van der Waals surface area (Å²) in [5.74, 6) is -0.265. The minimum absolute atomic E-state index is 0.105. The first-order valence-electron chi connectivity index (χ1n) is 8.03. The molecule has 3 atom stereocenters. The van der Waals surface area contributed by atoms with Crippen LogP contribution in [0.4, 0.5) is 0 Å². The smallest absolute Gasteiger partial charge is 0.337 e. The highest BCUT2D eigenvalue weighted by Gasteiger charge is 2.44. The Morgan fingerprint density at radius 2 is 2.18 bits per heavy atom. The fraction of sp³-hybridized carbons (Fsp3) is 0.588. The van der Waals surface area contributed by atoms with Crippen LogP contribution in [-0.4, -0.2) is 42.4 Å². The average molecular weight is 305 g/mol. The van der Waals surface area contributed by atoms with Gasteiger partial charge in [-0.05, 0) is 25.3 Å². The summed E-state index contributed by atoms with van der Waals surface area (Å²) >= 11 is 0. The van der Waals surface area contributed by atoms with Gasteiger partial charge < -0.3 is 9.47 Å². The number of rotatable bonds is 5. The van der Waals surface area contributed by atoms with Crippen molar-refractivity contribution in [1.29, 1.82) is 0 Å². The third kappa shape index (κ3) is 3.48. The molecule has 2 saturated heterocycles. The molecule has 3 rings (SSSR count). The molecule has 0 amide bonds. The predicted octanol–water partition coefficient (Wildman–Crippen LogP) is 2.30. The van der Waals surface area contributed by atoms with Crippen LogP contribution in [0.1, 0.15) is 31.7 Å². The average Bonchev–Trinajstić information content (AvgIpc) is 2.99. The lowest BCUT2D eigenvalue weighted by Crippen LogP contribution is -2.44. The van der Waals surface area contributed by atoms with Gasteiger partial charge in [0.25, 0.3) is 0 Å². The number of nitrogens with zero attached hydrogens (tertiary/aromatic N) is 1. The Labute approximate surface area is 131 Å². The van der Waals surface area contributed by atoms with E-state index < -0.39 is 6.10 Å². The first-order chi connectivity index (χ1) is 10.8. The zero-order valence-corrected chi connectivity index (χ0v) is 12.9. The summed E-state index contributed by atoms with van der Waals surface area (Å²) in [4.78, 5) is 17.6. The van der Waals surface area contributed by atoms with Crippen molar-refractivity contribution in [3.63, 3.8) is 0 Å². The van der Waals surface area contributed by atoms with E-state index in [9.17, 15) is 4.79 Å². The molecule has 2 aliphatic heterocycles. The summed E-state index contributed by atoms with van der Waals surface area (Å²) in [5, 5.41) is 1.92. The highest BCUT2D eigenvalue weighted by molar-refractivity contribution is 5.75. The number of hydroxylamine groups is 2. The van der Waals surface area contributed by atoms with Crippen LogP contribution in [0.5, 0.6) is 0 Å². The van der Waals surface area contributed by atoms with Crippen molar-refractivity contribution in [3.8, 4) is 0 Å². The summed E-state index contributed by atoms with van der Waals surface area (Å²) < 4.78 is 11.2. The normalized spacial score (nSPS) is 28.3. The third-order valence-electron chi connectivity index (χ3n) is 4.24. The van der Waals surface area contributed by atoms with Crippen LogP contribution in [0.3, 0.4) is 0 Å². The minimum Gasteiger partial charge on any atom is -0.464 e. The molecule has 22 heavy (non-hydrogen) atoms. The zero-order valence-electron chi connectivity index (χ0n) is 12.9. The molecule has 1 aromatic carbocycles. The summed E-state index contributed by atoms with van der Waals surface area (Å²) in [6.07, 6.45) is 2.30. The van der Waals surface area contributed by atoms with Gasteiger partial charge in [0.05, 0.1) is 25.4 Å². The van der Waals surface area contributed by atoms with Crippen LogP contribution < -0.4 is 0 Å². The molecule has 2 heterocycles. The molecular weight excluding hydrogens is 282 g/mol. The van der Waals surface area contributed by atoms with E-state index in [0.29, 0.717) is 19.6 Å². The topological polar surface area (TPSA) is 48.0 Å². The number of benzene rings is 1. The van der Waals surface area contributed by atoms with Gasteiger partial charge >= 0.3 is 5.97 Å². The highest BCUT2D eigenvalue weighted by Crippen LogP contribution is 2.32. The van der Waals surface area contributed by atoms with Crippen molar-refractivity contribution in [2.45, 2.75) is 51.0 Å². The molecule has 0 radical (unpaired) electrons. The van der Waals surface area contributed by atoms with Gasteiger partial charge in [0.2, 0.25) is 0 Å². The first-order valence-corrected chi connectivity index (χ1v) is 8.03. The SMILES string of the molecule is CCOC(=O)[C@@H]1C[C@H]2[C@@H](OCc3ccccc3)CCCN2O1. The maximum Gasteiger partial charge on any atom is 0.337 e. The molecule has 0 N–H and O–H groups in total. The van der Waals surface area contributed by atoms with Gasteiger partial charge in [0.1, 0.15) is 0 Å². The molecule has 120 valence electrons. The van der Waals surface area contributed by atoms with Crippen molar-refractivity contribution >= 4 is 5.97 Å². The Kier molecular flexibility index (Phi) is 5.08. The van der Waals surface area contributed by atoms with Crippen LogP contribution in [0.25, 0.3) is 0 Å². The Morgan fingerprint density at radius 1 is 1.36 bits per heavy atom. The number of fused-ring (bicyclic) bond motifs is 1. The molecule has 0 unspecified atom stereocenters. The zero-order chi connectivity index (χ0) is 15.4. The Bertz CT molecular complexity index is 493.